The van der Waals surface area contributed by atoms with Gasteiger partial charge in [0.1, 0.15) is 0 Å². The summed E-state index contributed by atoms with van der Waals surface area (Å²) in [4.78, 5) is 16.3. The Kier molecular flexibility index (Phi) is 6.42. The van der Waals surface area contributed by atoms with Gasteiger partial charge in [-0.3, -0.25) is 14.6 Å². The van der Waals surface area contributed by atoms with Crippen LogP contribution in [0.1, 0.15) is 25.5 Å². The third-order valence-electron chi connectivity index (χ3n) is 4.22. The van der Waals surface area contributed by atoms with E-state index in [2.05, 4.69) is 16.7 Å². The predicted molar refractivity (Wildman–Crippen MR) is 86.1 cm³/mol. The molecule has 0 aromatic carbocycles. The van der Waals surface area contributed by atoms with Crippen LogP contribution in [0.2, 0.25) is 0 Å². The van der Waals surface area contributed by atoms with Gasteiger partial charge in [-0.25, -0.2) is 0 Å². The molecule has 1 aliphatic heterocycles. The normalized spacial score (nSPS) is 17.0. The van der Waals surface area contributed by atoms with Gasteiger partial charge >= 0.3 is 0 Å². The molecular formula is C16H27N3O3. The summed E-state index contributed by atoms with van der Waals surface area (Å²) in [5.74, 6) is -0.174. The summed E-state index contributed by atoms with van der Waals surface area (Å²) in [7, 11) is 0. The van der Waals surface area contributed by atoms with Crippen molar-refractivity contribution in [3.8, 4) is 5.75 Å². The average molecular weight is 309 g/mol. The number of aliphatic hydroxyl groups is 1. The first-order valence-electron chi connectivity index (χ1n) is 8.12. The molecule has 0 radical (unpaired) electrons. The monoisotopic (exact) mass is 309 g/mol. The first kappa shape index (κ1) is 17.0. The van der Waals surface area contributed by atoms with Crippen molar-refractivity contribution in [3.63, 3.8) is 0 Å². The molecule has 0 bridgehead atoms. The zero-order valence-electron chi connectivity index (χ0n) is 13.4. The summed E-state index contributed by atoms with van der Waals surface area (Å²) < 4.78 is 2.00. The number of aromatic nitrogens is 1. The molecule has 0 amide bonds. The van der Waals surface area contributed by atoms with Crippen molar-refractivity contribution < 1.29 is 10.2 Å². The van der Waals surface area contributed by atoms with Crippen LogP contribution in [0, 0.1) is 0 Å². The number of hydrogen-bond acceptors (Lipinski definition) is 5. The Hall–Kier alpha value is -1.37. The second-order valence-electron chi connectivity index (χ2n) is 5.90. The number of nitrogens with zero attached hydrogens (tertiary/aromatic N) is 3. The van der Waals surface area contributed by atoms with Gasteiger partial charge in [-0.2, -0.15) is 0 Å². The fourth-order valence-corrected chi connectivity index (χ4v) is 2.82. The molecule has 0 unspecified atom stereocenters. The summed E-state index contributed by atoms with van der Waals surface area (Å²) in [5.41, 5.74) is 0.661. The van der Waals surface area contributed by atoms with Gasteiger partial charge in [0.15, 0.2) is 5.75 Å². The maximum absolute atomic E-state index is 11.7. The van der Waals surface area contributed by atoms with Gasteiger partial charge in [-0.1, -0.05) is 13.3 Å². The second kappa shape index (κ2) is 8.31. The van der Waals surface area contributed by atoms with Crippen molar-refractivity contribution in [1.82, 2.24) is 14.4 Å². The largest absolute Gasteiger partial charge is 0.503 e. The number of aryl methyl sites for hydroxylation is 1. The highest BCUT2D eigenvalue weighted by atomic mass is 16.3. The number of aromatic hydroxyl groups is 1. The number of hydrogen-bond donors (Lipinski definition) is 2. The topological polar surface area (TPSA) is 68.9 Å². The van der Waals surface area contributed by atoms with E-state index in [1.165, 1.54) is 0 Å². The Morgan fingerprint density at radius 2 is 1.82 bits per heavy atom. The van der Waals surface area contributed by atoms with Crippen LogP contribution in [-0.4, -0.2) is 63.9 Å². The maximum atomic E-state index is 11.7. The van der Waals surface area contributed by atoms with E-state index in [4.69, 9.17) is 5.11 Å². The molecule has 1 saturated heterocycles. The van der Waals surface area contributed by atoms with Crippen molar-refractivity contribution >= 4 is 0 Å². The third kappa shape index (κ3) is 4.56. The molecule has 1 aliphatic rings. The van der Waals surface area contributed by atoms with Crippen LogP contribution in [0.25, 0.3) is 0 Å². The molecule has 0 aliphatic carbocycles. The minimum absolute atomic E-state index is 0.174. The standard InChI is InChI=1S/C16H27N3O3/c1-2-3-4-19-13-16(22)15(21)11-14(19)12-18-7-5-17(6-8-18)9-10-20/h11,13,20,22H,2-10,12H2,1H3. The van der Waals surface area contributed by atoms with E-state index in [1.807, 2.05) is 4.57 Å². The Bertz CT molecular complexity index is 522. The Balaban J connectivity index is 2.02. The molecule has 2 rings (SSSR count). The highest BCUT2D eigenvalue weighted by Gasteiger charge is 2.18. The van der Waals surface area contributed by atoms with Crippen LogP contribution in [0.3, 0.4) is 0 Å². The van der Waals surface area contributed by atoms with E-state index in [-0.39, 0.29) is 17.8 Å². The van der Waals surface area contributed by atoms with Crippen LogP contribution < -0.4 is 5.43 Å². The molecule has 124 valence electrons. The number of rotatable bonds is 7. The van der Waals surface area contributed by atoms with Crippen LogP contribution >= 0.6 is 0 Å². The zero-order chi connectivity index (χ0) is 15.9. The lowest BCUT2D eigenvalue weighted by Crippen LogP contribution is -2.47. The Labute approximate surface area is 131 Å². The number of aliphatic hydroxyl groups excluding tert-OH is 1. The van der Waals surface area contributed by atoms with Crippen LogP contribution in [0.15, 0.2) is 17.1 Å². The predicted octanol–water partition coefficient (Wildman–Crippen LogP) is 0.464. The first-order chi connectivity index (χ1) is 10.6. The van der Waals surface area contributed by atoms with Crippen molar-refractivity contribution in [2.75, 3.05) is 39.3 Å². The molecule has 0 spiro atoms. The van der Waals surface area contributed by atoms with Crippen LogP contribution in [0.4, 0.5) is 0 Å². The van der Waals surface area contributed by atoms with Crippen LogP contribution in [-0.2, 0) is 13.1 Å². The lowest BCUT2D eigenvalue weighted by atomic mass is 10.2. The summed E-state index contributed by atoms with van der Waals surface area (Å²) in [6.45, 7) is 8.36. The molecular weight excluding hydrogens is 282 g/mol. The van der Waals surface area contributed by atoms with E-state index >= 15 is 0 Å². The van der Waals surface area contributed by atoms with Gasteiger partial charge in [0.05, 0.1) is 12.8 Å². The van der Waals surface area contributed by atoms with E-state index in [1.54, 1.807) is 12.3 Å². The molecule has 6 nitrogen and oxygen atoms in total. The smallest absolute Gasteiger partial charge is 0.223 e. The van der Waals surface area contributed by atoms with Gasteiger partial charge in [-0.15, -0.1) is 0 Å². The van der Waals surface area contributed by atoms with Gasteiger partial charge < -0.3 is 14.8 Å². The lowest BCUT2D eigenvalue weighted by molar-refractivity contribution is 0.106. The second-order valence-corrected chi connectivity index (χ2v) is 5.90. The van der Waals surface area contributed by atoms with Gasteiger partial charge in [0, 0.05) is 57.6 Å². The minimum Gasteiger partial charge on any atom is -0.503 e. The average Bonchev–Trinajstić information content (AvgIpc) is 2.51. The molecule has 0 atom stereocenters. The Morgan fingerprint density at radius 1 is 1.14 bits per heavy atom. The molecule has 0 saturated carbocycles. The minimum atomic E-state index is -0.304. The van der Waals surface area contributed by atoms with Crippen molar-refractivity contribution in [3.05, 3.63) is 28.2 Å². The number of pyridine rings is 1. The van der Waals surface area contributed by atoms with Gasteiger partial charge in [-0.05, 0) is 6.42 Å². The summed E-state index contributed by atoms with van der Waals surface area (Å²) in [6.07, 6.45) is 3.67. The molecule has 22 heavy (non-hydrogen) atoms. The summed E-state index contributed by atoms with van der Waals surface area (Å²) >= 11 is 0. The molecule has 1 aromatic heterocycles. The van der Waals surface area contributed by atoms with Gasteiger partial charge in [0.25, 0.3) is 0 Å². The van der Waals surface area contributed by atoms with E-state index in [0.29, 0.717) is 0 Å². The number of β-amino-alcohol motifs (C(OH)–C–C–N with tert-alkyl or cyclic N) is 1. The molecule has 2 N–H and O–H groups in total. The van der Waals surface area contributed by atoms with Crippen molar-refractivity contribution in [2.45, 2.75) is 32.9 Å². The van der Waals surface area contributed by atoms with E-state index in [9.17, 15) is 9.90 Å². The number of unbranched alkanes of at least 4 members (excludes halogenated alkanes) is 1. The number of piperazine rings is 1. The molecule has 6 heteroatoms. The highest BCUT2D eigenvalue weighted by molar-refractivity contribution is 5.20. The SMILES string of the molecule is CCCCn1cc(O)c(=O)cc1CN1CCN(CCO)CC1. The Morgan fingerprint density at radius 3 is 2.45 bits per heavy atom. The van der Waals surface area contributed by atoms with E-state index in [0.717, 1.165) is 64.3 Å². The fraction of sp³-hybridized carbons (Fsp3) is 0.688. The van der Waals surface area contributed by atoms with Crippen LogP contribution in [0.5, 0.6) is 5.75 Å². The lowest BCUT2D eigenvalue weighted by Gasteiger charge is -2.34. The molecule has 2 heterocycles. The highest BCUT2D eigenvalue weighted by Crippen LogP contribution is 2.11. The maximum Gasteiger partial charge on any atom is 0.223 e. The molecule has 1 fully saturated rings. The fourth-order valence-electron chi connectivity index (χ4n) is 2.82. The van der Waals surface area contributed by atoms with E-state index < -0.39 is 0 Å². The quantitative estimate of drug-likeness (QED) is 0.766. The zero-order valence-corrected chi connectivity index (χ0v) is 13.4. The van der Waals surface area contributed by atoms with Crippen molar-refractivity contribution in [1.29, 1.82) is 0 Å². The van der Waals surface area contributed by atoms with Gasteiger partial charge in [0.2, 0.25) is 5.43 Å². The first-order valence-corrected chi connectivity index (χ1v) is 8.12. The molecule has 1 aromatic rings. The summed E-state index contributed by atoms with van der Waals surface area (Å²) in [6, 6.07) is 1.56. The third-order valence-corrected chi connectivity index (χ3v) is 4.22. The van der Waals surface area contributed by atoms with Crippen molar-refractivity contribution in [2.24, 2.45) is 0 Å². The summed E-state index contributed by atoms with van der Waals surface area (Å²) in [5, 5.41) is 18.6.